The van der Waals surface area contributed by atoms with Gasteiger partial charge in [0.25, 0.3) is 0 Å². The van der Waals surface area contributed by atoms with Crippen molar-refractivity contribution in [3.63, 3.8) is 0 Å². The van der Waals surface area contributed by atoms with E-state index in [0.717, 1.165) is 28.9 Å². The molecule has 0 radical (unpaired) electrons. The second kappa shape index (κ2) is 4.84. The molecule has 3 rings (SSSR count). The van der Waals surface area contributed by atoms with Crippen LogP contribution >= 0.6 is 11.3 Å². The van der Waals surface area contributed by atoms with Gasteiger partial charge in [0.05, 0.1) is 5.69 Å². The lowest BCUT2D eigenvalue weighted by Crippen LogP contribution is -2.20. The third kappa shape index (κ3) is 2.47. The number of anilines is 1. The van der Waals surface area contributed by atoms with Gasteiger partial charge in [-0.15, -0.1) is 11.3 Å². The van der Waals surface area contributed by atoms with Gasteiger partial charge in [0.15, 0.2) is 5.13 Å². The summed E-state index contributed by atoms with van der Waals surface area (Å²) in [6.07, 6.45) is 7.74. The molecule has 0 amide bonds. The number of rotatable bonds is 4. The predicted octanol–water partition coefficient (Wildman–Crippen LogP) is 3.42. The summed E-state index contributed by atoms with van der Waals surface area (Å²) in [7, 11) is 0. The number of hydrogen-bond acceptors (Lipinski definition) is 4. The Morgan fingerprint density at radius 2 is 2.12 bits per heavy atom. The fourth-order valence-corrected chi connectivity index (χ4v) is 2.67. The van der Waals surface area contributed by atoms with E-state index in [1.165, 1.54) is 19.3 Å². The quantitative estimate of drug-likeness (QED) is 0.897. The zero-order chi connectivity index (χ0) is 11.5. The van der Waals surface area contributed by atoms with Gasteiger partial charge < -0.3 is 5.32 Å². The SMILES string of the molecule is c1cc(-c2csc(NCC3CCC3)n2)ccn1. The van der Waals surface area contributed by atoms with Crippen LogP contribution < -0.4 is 5.32 Å². The highest BCUT2D eigenvalue weighted by Crippen LogP contribution is 2.28. The van der Waals surface area contributed by atoms with Crippen LogP contribution in [0.1, 0.15) is 19.3 Å². The Labute approximate surface area is 105 Å². The second-order valence-corrected chi connectivity index (χ2v) is 5.31. The van der Waals surface area contributed by atoms with E-state index >= 15 is 0 Å². The molecule has 0 aliphatic heterocycles. The molecule has 88 valence electrons. The van der Waals surface area contributed by atoms with Crippen LogP contribution in [0.4, 0.5) is 5.13 Å². The Kier molecular flexibility index (Phi) is 3.05. The monoisotopic (exact) mass is 245 g/mol. The van der Waals surface area contributed by atoms with Gasteiger partial charge in [0.1, 0.15) is 0 Å². The molecule has 1 saturated carbocycles. The smallest absolute Gasteiger partial charge is 0.183 e. The van der Waals surface area contributed by atoms with Crippen LogP contribution in [-0.4, -0.2) is 16.5 Å². The Hall–Kier alpha value is -1.42. The van der Waals surface area contributed by atoms with Crippen molar-refractivity contribution in [1.29, 1.82) is 0 Å². The highest BCUT2D eigenvalue weighted by Gasteiger charge is 2.17. The van der Waals surface area contributed by atoms with E-state index in [1.54, 1.807) is 23.7 Å². The molecule has 17 heavy (non-hydrogen) atoms. The maximum Gasteiger partial charge on any atom is 0.183 e. The molecule has 0 spiro atoms. The number of nitrogens with zero attached hydrogens (tertiary/aromatic N) is 2. The number of nitrogens with one attached hydrogen (secondary N) is 1. The van der Waals surface area contributed by atoms with Crippen molar-refractivity contribution in [2.45, 2.75) is 19.3 Å². The van der Waals surface area contributed by atoms with Gasteiger partial charge >= 0.3 is 0 Å². The summed E-state index contributed by atoms with van der Waals surface area (Å²) >= 11 is 1.68. The van der Waals surface area contributed by atoms with Crippen molar-refractivity contribution >= 4 is 16.5 Å². The molecule has 0 bridgehead atoms. The molecule has 0 unspecified atom stereocenters. The number of aromatic nitrogens is 2. The second-order valence-electron chi connectivity index (χ2n) is 4.45. The molecule has 2 heterocycles. The minimum Gasteiger partial charge on any atom is -0.361 e. The molecule has 2 aromatic rings. The Balaban J connectivity index is 1.65. The summed E-state index contributed by atoms with van der Waals surface area (Å²) in [6, 6.07) is 3.98. The highest BCUT2D eigenvalue weighted by atomic mass is 32.1. The van der Waals surface area contributed by atoms with Gasteiger partial charge in [0.2, 0.25) is 0 Å². The van der Waals surface area contributed by atoms with Crippen LogP contribution in [0.2, 0.25) is 0 Å². The number of hydrogen-bond donors (Lipinski definition) is 1. The molecule has 4 heteroatoms. The zero-order valence-electron chi connectivity index (χ0n) is 9.60. The molecule has 1 aliphatic carbocycles. The molecule has 1 fully saturated rings. The first-order valence-electron chi connectivity index (χ1n) is 6.01. The summed E-state index contributed by atoms with van der Waals surface area (Å²) in [5.74, 6) is 0.864. The molecule has 2 aromatic heterocycles. The highest BCUT2D eigenvalue weighted by molar-refractivity contribution is 7.14. The molecular weight excluding hydrogens is 230 g/mol. The fourth-order valence-electron chi connectivity index (χ4n) is 1.94. The minimum atomic E-state index is 0.864. The van der Waals surface area contributed by atoms with Gasteiger partial charge in [-0.05, 0) is 30.9 Å². The van der Waals surface area contributed by atoms with Gasteiger partial charge in [0, 0.05) is 29.9 Å². The molecule has 0 saturated heterocycles. The summed E-state index contributed by atoms with van der Waals surface area (Å²) in [5, 5.41) is 6.56. The Morgan fingerprint density at radius 1 is 1.29 bits per heavy atom. The lowest BCUT2D eigenvalue weighted by Gasteiger charge is -2.25. The van der Waals surface area contributed by atoms with E-state index in [2.05, 4.69) is 20.7 Å². The maximum atomic E-state index is 4.59. The standard InChI is InChI=1S/C13H15N3S/c1-2-10(3-1)8-15-13-16-12(9-17-13)11-4-6-14-7-5-11/h4-7,9-10H,1-3,8H2,(H,15,16). The largest absolute Gasteiger partial charge is 0.361 e. The molecular formula is C13H15N3S. The van der Waals surface area contributed by atoms with Crippen molar-refractivity contribution in [2.75, 3.05) is 11.9 Å². The molecule has 3 nitrogen and oxygen atoms in total. The third-order valence-corrected chi connectivity index (χ3v) is 4.05. The summed E-state index contributed by atoms with van der Waals surface area (Å²) in [6.45, 7) is 1.07. The average Bonchev–Trinajstić information content (AvgIpc) is 2.77. The van der Waals surface area contributed by atoms with Crippen LogP contribution in [0.5, 0.6) is 0 Å². The van der Waals surface area contributed by atoms with Gasteiger partial charge in [-0.3, -0.25) is 4.98 Å². The van der Waals surface area contributed by atoms with Crippen LogP contribution in [0.15, 0.2) is 29.9 Å². The van der Waals surface area contributed by atoms with E-state index in [-0.39, 0.29) is 0 Å². The van der Waals surface area contributed by atoms with Crippen molar-refractivity contribution in [3.8, 4) is 11.3 Å². The summed E-state index contributed by atoms with van der Waals surface area (Å²) < 4.78 is 0. The molecule has 0 atom stereocenters. The molecule has 0 aromatic carbocycles. The van der Waals surface area contributed by atoms with Gasteiger partial charge in [-0.2, -0.15) is 0 Å². The summed E-state index contributed by atoms with van der Waals surface area (Å²) in [5.41, 5.74) is 2.17. The topological polar surface area (TPSA) is 37.8 Å². The van der Waals surface area contributed by atoms with Crippen LogP contribution in [0.3, 0.4) is 0 Å². The van der Waals surface area contributed by atoms with Crippen molar-refractivity contribution in [1.82, 2.24) is 9.97 Å². The first kappa shape index (κ1) is 10.7. The van der Waals surface area contributed by atoms with E-state index in [0.29, 0.717) is 0 Å². The Bertz CT molecular complexity index is 476. The first-order valence-corrected chi connectivity index (χ1v) is 6.89. The van der Waals surface area contributed by atoms with Gasteiger partial charge in [-0.1, -0.05) is 6.42 Å². The normalized spacial score (nSPS) is 15.5. The number of pyridine rings is 1. The van der Waals surface area contributed by atoms with E-state index in [9.17, 15) is 0 Å². The van der Waals surface area contributed by atoms with Gasteiger partial charge in [-0.25, -0.2) is 4.98 Å². The lowest BCUT2D eigenvalue weighted by atomic mass is 9.86. The first-order chi connectivity index (χ1) is 8.42. The van der Waals surface area contributed by atoms with Crippen LogP contribution in [0.25, 0.3) is 11.3 Å². The zero-order valence-corrected chi connectivity index (χ0v) is 10.4. The third-order valence-electron chi connectivity index (χ3n) is 3.25. The molecule has 1 N–H and O–H groups in total. The van der Waals surface area contributed by atoms with Crippen molar-refractivity contribution in [3.05, 3.63) is 29.9 Å². The predicted molar refractivity (Wildman–Crippen MR) is 71.2 cm³/mol. The average molecular weight is 245 g/mol. The lowest BCUT2D eigenvalue weighted by molar-refractivity contribution is 0.333. The van der Waals surface area contributed by atoms with E-state index in [1.807, 2.05) is 12.1 Å². The summed E-state index contributed by atoms with van der Waals surface area (Å²) in [4.78, 5) is 8.61. The molecule has 1 aliphatic rings. The van der Waals surface area contributed by atoms with Crippen molar-refractivity contribution in [2.24, 2.45) is 5.92 Å². The van der Waals surface area contributed by atoms with E-state index < -0.39 is 0 Å². The fraction of sp³-hybridized carbons (Fsp3) is 0.385. The minimum absolute atomic E-state index is 0.864. The van der Waals surface area contributed by atoms with Crippen LogP contribution in [-0.2, 0) is 0 Å². The van der Waals surface area contributed by atoms with Crippen molar-refractivity contribution < 1.29 is 0 Å². The van der Waals surface area contributed by atoms with Crippen LogP contribution in [0, 0.1) is 5.92 Å². The maximum absolute atomic E-state index is 4.59. The Morgan fingerprint density at radius 3 is 2.82 bits per heavy atom. The number of thiazole rings is 1. The van der Waals surface area contributed by atoms with E-state index in [4.69, 9.17) is 0 Å².